The molecule has 1 aliphatic heterocycles. The molecule has 0 N–H and O–H groups in total. The van der Waals surface area contributed by atoms with Crippen LogP contribution in [0.5, 0.6) is 0 Å². The van der Waals surface area contributed by atoms with Gasteiger partial charge in [-0.3, -0.25) is 0 Å². The van der Waals surface area contributed by atoms with Crippen LogP contribution in [0.3, 0.4) is 0 Å². The van der Waals surface area contributed by atoms with Crippen LogP contribution in [0.1, 0.15) is 23.1 Å². The van der Waals surface area contributed by atoms with Crippen LogP contribution in [-0.2, 0) is 10.2 Å². The molecule has 3 aromatic carbocycles. The second-order valence-electron chi connectivity index (χ2n) is 6.52. The normalized spacial score (nSPS) is 19.9. The highest BCUT2D eigenvalue weighted by atomic mass is 16.6. The highest BCUT2D eigenvalue weighted by molar-refractivity contribution is 5.83. The molecule has 1 fully saturated rings. The number of epoxide rings is 1. The molecule has 0 aromatic heterocycles. The van der Waals surface area contributed by atoms with E-state index in [1.54, 1.807) is 0 Å². The van der Waals surface area contributed by atoms with E-state index >= 15 is 0 Å². The Morgan fingerprint density at radius 3 is 1.83 bits per heavy atom. The third kappa shape index (κ3) is 1.83. The summed E-state index contributed by atoms with van der Waals surface area (Å²) in [4.78, 5) is 0. The van der Waals surface area contributed by atoms with E-state index in [1.807, 2.05) is 0 Å². The Kier molecular flexibility index (Phi) is 2.74. The van der Waals surface area contributed by atoms with E-state index in [9.17, 15) is 0 Å². The van der Waals surface area contributed by atoms with Gasteiger partial charge < -0.3 is 4.74 Å². The van der Waals surface area contributed by atoms with Crippen molar-refractivity contribution in [3.05, 3.63) is 95.6 Å². The summed E-state index contributed by atoms with van der Waals surface area (Å²) in [5, 5.41) is 0. The second kappa shape index (κ2) is 4.81. The lowest BCUT2D eigenvalue weighted by molar-refractivity contribution is 0.368. The maximum Gasteiger partial charge on any atom is 0.0825 e. The Labute approximate surface area is 136 Å². The van der Waals surface area contributed by atoms with Crippen LogP contribution in [0, 0.1) is 0 Å². The summed E-state index contributed by atoms with van der Waals surface area (Å²) in [5.74, 6) is 0. The summed E-state index contributed by atoms with van der Waals surface area (Å²) in [6.07, 6.45) is 1.39. The number of ether oxygens (including phenoxy) is 1. The van der Waals surface area contributed by atoms with Crippen LogP contribution < -0.4 is 0 Å². The molecule has 1 atom stereocenters. The molecule has 1 aliphatic carbocycles. The van der Waals surface area contributed by atoms with Gasteiger partial charge in [0.25, 0.3) is 0 Å². The Bertz CT molecular complexity index is 816. The summed E-state index contributed by atoms with van der Waals surface area (Å²) in [5.41, 5.74) is 6.86. The number of benzene rings is 3. The molecule has 3 aromatic rings. The highest BCUT2D eigenvalue weighted by Gasteiger charge is 2.47. The molecule has 0 radical (unpaired) electrons. The zero-order valence-corrected chi connectivity index (χ0v) is 12.9. The topological polar surface area (TPSA) is 12.5 Å². The average molecular weight is 298 g/mol. The largest absolute Gasteiger partial charge is 0.373 e. The highest BCUT2D eigenvalue weighted by Crippen LogP contribution is 2.55. The number of fused-ring (bicyclic) bond motifs is 3. The monoisotopic (exact) mass is 298 g/mol. The van der Waals surface area contributed by atoms with Crippen molar-refractivity contribution in [3.63, 3.8) is 0 Å². The van der Waals surface area contributed by atoms with Crippen LogP contribution in [0.25, 0.3) is 11.1 Å². The molecule has 5 rings (SSSR count). The maximum atomic E-state index is 5.65. The van der Waals surface area contributed by atoms with Gasteiger partial charge in [0.05, 0.1) is 12.7 Å². The molecule has 2 aliphatic rings. The molecular formula is C22H18O. The van der Waals surface area contributed by atoms with Gasteiger partial charge in [0.2, 0.25) is 0 Å². The van der Waals surface area contributed by atoms with Gasteiger partial charge in [-0.2, -0.15) is 0 Å². The number of hydrogen-bond donors (Lipinski definition) is 0. The van der Waals surface area contributed by atoms with Crippen LogP contribution >= 0.6 is 0 Å². The molecule has 0 bridgehead atoms. The smallest absolute Gasteiger partial charge is 0.0825 e. The fourth-order valence-electron chi connectivity index (χ4n) is 4.22. The van der Waals surface area contributed by atoms with Crippen molar-refractivity contribution in [2.45, 2.75) is 17.9 Å². The zero-order chi connectivity index (χ0) is 15.3. The predicted octanol–water partition coefficient (Wildman–Crippen LogP) is 4.79. The van der Waals surface area contributed by atoms with E-state index in [1.165, 1.54) is 27.8 Å². The Morgan fingerprint density at radius 2 is 1.26 bits per heavy atom. The average Bonchev–Trinajstić information content (AvgIpc) is 3.40. The van der Waals surface area contributed by atoms with E-state index < -0.39 is 0 Å². The fraction of sp³-hybridized carbons (Fsp3) is 0.182. The van der Waals surface area contributed by atoms with Crippen molar-refractivity contribution < 1.29 is 4.74 Å². The zero-order valence-electron chi connectivity index (χ0n) is 12.9. The molecule has 1 saturated heterocycles. The minimum atomic E-state index is -0.0877. The van der Waals surface area contributed by atoms with Crippen LogP contribution in [0.4, 0.5) is 0 Å². The molecule has 1 heterocycles. The quantitative estimate of drug-likeness (QED) is 0.633. The molecule has 0 spiro atoms. The van der Waals surface area contributed by atoms with Crippen LogP contribution in [0.2, 0.25) is 0 Å². The van der Waals surface area contributed by atoms with Crippen molar-refractivity contribution in [2.75, 3.05) is 6.61 Å². The van der Waals surface area contributed by atoms with E-state index in [4.69, 9.17) is 4.74 Å². The van der Waals surface area contributed by atoms with Crippen LogP contribution in [0.15, 0.2) is 78.9 Å². The van der Waals surface area contributed by atoms with E-state index in [0.29, 0.717) is 6.10 Å². The Balaban J connectivity index is 1.86. The SMILES string of the molecule is c1ccc(C2(C[C@H]3CO3)c3ccccc3-c3ccccc32)cc1. The molecule has 23 heavy (non-hydrogen) atoms. The fourth-order valence-corrected chi connectivity index (χ4v) is 4.22. The summed E-state index contributed by atoms with van der Waals surface area (Å²) >= 11 is 0. The first-order valence-corrected chi connectivity index (χ1v) is 8.26. The lowest BCUT2D eigenvalue weighted by atomic mass is 9.69. The Hall–Kier alpha value is -2.38. The lowest BCUT2D eigenvalue weighted by Gasteiger charge is -2.32. The van der Waals surface area contributed by atoms with Crippen molar-refractivity contribution in [2.24, 2.45) is 0 Å². The van der Waals surface area contributed by atoms with Crippen molar-refractivity contribution in [3.8, 4) is 11.1 Å². The first kappa shape index (κ1) is 13.1. The van der Waals surface area contributed by atoms with Gasteiger partial charge in [0.15, 0.2) is 0 Å². The molecule has 0 amide bonds. The molecule has 0 saturated carbocycles. The van der Waals surface area contributed by atoms with E-state index in [2.05, 4.69) is 78.9 Å². The second-order valence-corrected chi connectivity index (χ2v) is 6.52. The summed E-state index contributed by atoms with van der Waals surface area (Å²) in [7, 11) is 0. The lowest BCUT2D eigenvalue weighted by Crippen LogP contribution is -2.28. The maximum absolute atomic E-state index is 5.65. The first-order chi connectivity index (χ1) is 11.4. The van der Waals surface area contributed by atoms with Gasteiger partial charge in [-0.1, -0.05) is 78.9 Å². The molecule has 1 heteroatoms. The van der Waals surface area contributed by atoms with Crippen molar-refractivity contribution >= 4 is 0 Å². The van der Waals surface area contributed by atoms with Crippen LogP contribution in [-0.4, -0.2) is 12.7 Å². The predicted molar refractivity (Wildman–Crippen MR) is 92.6 cm³/mol. The third-order valence-electron chi connectivity index (χ3n) is 5.27. The van der Waals surface area contributed by atoms with Gasteiger partial charge in [-0.15, -0.1) is 0 Å². The van der Waals surface area contributed by atoms with Crippen molar-refractivity contribution in [1.29, 1.82) is 0 Å². The molecule has 0 unspecified atom stereocenters. The summed E-state index contributed by atoms with van der Waals surface area (Å²) < 4.78 is 5.65. The number of rotatable bonds is 3. The van der Waals surface area contributed by atoms with Gasteiger partial charge in [0, 0.05) is 5.41 Å². The van der Waals surface area contributed by atoms with Crippen molar-refractivity contribution in [1.82, 2.24) is 0 Å². The van der Waals surface area contributed by atoms with E-state index in [0.717, 1.165) is 13.0 Å². The summed E-state index contributed by atoms with van der Waals surface area (Å²) in [6.45, 7) is 0.888. The standard InChI is InChI=1S/C22H18O/c1-2-8-16(9-3-1)22(14-17-15-23-17)20-12-6-4-10-18(20)19-11-5-7-13-21(19)22/h1-13,17H,14-15H2/t17-/m0/s1. The minimum Gasteiger partial charge on any atom is -0.373 e. The third-order valence-corrected chi connectivity index (χ3v) is 5.27. The van der Waals surface area contributed by atoms with Gasteiger partial charge in [-0.25, -0.2) is 0 Å². The van der Waals surface area contributed by atoms with Gasteiger partial charge in [-0.05, 0) is 34.2 Å². The minimum absolute atomic E-state index is 0.0877. The molecule has 112 valence electrons. The molecule has 1 nitrogen and oxygen atoms in total. The summed E-state index contributed by atoms with van der Waals surface area (Å²) in [6, 6.07) is 28.6. The number of hydrogen-bond acceptors (Lipinski definition) is 1. The van der Waals surface area contributed by atoms with Gasteiger partial charge >= 0.3 is 0 Å². The van der Waals surface area contributed by atoms with E-state index in [-0.39, 0.29) is 5.41 Å². The Morgan fingerprint density at radius 1 is 0.739 bits per heavy atom. The molecular weight excluding hydrogens is 280 g/mol. The van der Waals surface area contributed by atoms with Gasteiger partial charge in [0.1, 0.15) is 0 Å². The first-order valence-electron chi connectivity index (χ1n) is 8.26.